The molecule has 0 fully saturated rings. The molecule has 1 amide bonds. The second-order valence-electron chi connectivity index (χ2n) is 4.95. The van der Waals surface area contributed by atoms with Crippen molar-refractivity contribution in [1.82, 2.24) is 4.57 Å². The molecule has 0 saturated carbocycles. The smallest absolute Gasteiger partial charge is 0.272 e. The Balaban J connectivity index is 2.00. The van der Waals surface area contributed by atoms with Crippen molar-refractivity contribution in [2.24, 2.45) is 4.99 Å². The van der Waals surface area contributed by atoms with Gasteiger partial charge in [-0.2, -0.15) is 4.99 Å². The zero-order valence-electron chi connectivity index (χ0n) is 12.5. The number of hydrogen-bond donors (Lipinski definition) is 0. The number of aryl methyl sites for hydroxylation is 1. The summed E-state index contributed by atoms with van der Waals surface area (Å²) >= 11 is 2.90. The third-order valence-corrected chi connectivity index (χ3v) is 5.11. The normalized spacial score (nSPS) is 12.5. The standard InChI is InChI=1S/C17H15FN2OS2/c1-2-9-20-14-7-5-12(18)11-15(14)23-17(20)19-16(21)8-6-13-4-3-10-22-13/h3-8,10-11H,2,9H2,1H3/b8-6+,19-17?. The number of halogens is 1. The van der Waals surface area contributed by atoms with Crippen LogP contribution < -0.4 is 4.80 Å². The van der Waals surface area contributed by atoms with Crippen LogP contribution in [-0.4, -0.2) is 10.5 Å². The van der Waals surface area contributed by atoms with Crippen molar-refractivity contribution in [2.75, 3.05) is 0 Å². The molecule has 0 bridgehead atoms. The lowest BCUT2D eigenvalue weighted by Crippen LogP contribution is -2.16. The van der Waals surface area contributed by atoms with Gasteiger partial charge in [0.15, 0.2) is 4.80 Å². The number of carbonyl (C=O) groups is 1. The molecule has 0 aliphatic rings. The molecular weight excluding hydrogens is 331 g/mol. The van der Waals surface area contributed by atoms with Gasteiger partial charge in [-0.15, -0.1) is 11.3 Å². The molecule has 0 unspecified atom stereocenters. The van der Waals surface area contributed by atoms with E-state index in [1.54, 1.807) is 23.5 Å². The number of thiophene rings is 1. The third kappa shape index (κ3) is 3.65. The first-order valence-electron chi connectivity index (χ1n) is 7.26. The number of carbonyl (C=O) groups excluding carboxylic acids is 1. The largest absolute Gasteiger partial charge is 0.316 e. The van der Waals surface area contributed by atoms with Crippen LogP contribution in [0.15, 0.2) is 46.8 Å². The Morgan fingerprint density at radius 3 is 3.00 bits per heavy atom. The van der Waals surface area contributed by atoms with Gasteiger partial charge < -0.3 is 4.57 Å². The maximum atomic E-state index is 13.4. The molecule has 0 aliphatic heterocycles. The van der Waals surface area contributed by atoms with Crippen molar-refractivity contribution in [3.05, 3.63) is 57.3 Å². The minimum absolute atomic E-state index is 0.280. The predicted molar refractivity (Wildman–Crippen MR) is 94.0 cm³/mol. The Bertz CT molecular complexity index is 920. The molecule has 0 N–H and O–H groups in total. The van der Waals surface area contributed by atoms with Gasteiger partial charge in [-0.25, -0.2) is 4.39 Å². The van der Waals surface area contributed by atoms with E-state index in [2.05, 4.69) is 11.9 Å². The lowest BCUT2D eigenvalue weighted by atomic mass is 10.3. The molecular formula is C17H15FN2OS2. The Hall–Kier alpha value is -2.05. The summed E-state index contributed by atoms with van der Waals surface area (Å²) in [6.45, 7) is 2.80. The highest BCUT2D eigenvalue weighted by Gasteiger charge is 2.07. The Morgan fingerprint density at radius 1 is 1.39 bits per heavy atom. The zero-order chi connectivity index (χ0) is 16.2. The topological polar surface area (TPSA) is 34.4 Å². The molecule has 6 heteroatoms. The van der Waals surface area contributed by atoms with Crippen molar-refractivity contribution < 1.29 is 9.18 Å². The van der Waals surface area contributed by atoms with Gasteiger partial charge in [-0.05, 0) is 42.1 Å². The molecule has 2 aromatic heterocycles. The van der Waals surface area contributed by atoms with Gasteiger partial charge in [0, 0.05) is 17.5 Å². The summed E-state index contributed by atoms with van der Waals surface area (Å²) in [4.78, 5) is 17.9. The van der Waals surface area contributed by atoms with Crippen molar-refractivity contribution in [3.63, 3.8) is 0 Å². The summed E-state index contributed by atoms with van der Waals surface area (Å²) in [6, 6.07) is 8.53. The number of thiazole rings is 1. The van der Waals surface area contributed by atoms with Crippen LogP contribution in [0.25, 0.3) is 16.3 Å². The highest BCUT2D eigenvalue weighted by Crippen LogP contribution is 2.19. The number of nitrogens with zero attached hydrogens (tertiary/aromatic N) is 2. The zero-order valence-corrected chi connectivity index (χ0v) is 14.2. The van der Waals surface area contributed by atoms with Gasteiger partial charge in [0.2, 0.25) is 0 Å². The Kier molecular flexibility index (Phi) is 4.83. The van der Waals surface area contributed by atoms with Crippen molar-refractivity contribution in [3.8, 4) is 0 Å². The molecule has 0 atom stereocenters. The van der Waals surface area contributed by atoms with Crippen LogP contribution in [0.2, 0.25) is 0 Å². The molecule has 3 rings (SSSR count). The summed E-state index contributed by atoms with van der Waals surface area (Å²) in [5.74, 6) is -0.590. The molecule has 2 heterocycles. The average Bonchev–Trinajstić information content (AvgIpc) is 3.14. The van der Waals surface area contributed by atoms with E-state index in [0.717, 1.165) is 28.1 Å². The van der Waals surface area contributed by atoms with E-state index in [1.807, 2.05) is 22.1 Å². The molecule has 1 aromatic carbocycles. The minimum Gasteiger partial charge on any atom is -0.316 e. The minimum atomic E-state index is -0.310. The van der Waals surface area contributed by atoms with Gasteiger partial charge in [0.05, 0.1) is 10.2 Å². The fourth-order valence-electron chi connectivity index (χ4n) is 2.24. The Morgan fingerprint density at radius 2 is 2.26 bits per heavy atom. The highest BCUT2D eigenvalue weighted by molar-refractivity contribution is 7.16. The quantitative estimate of drug-likeness (QED) is 0.643. The SMILES string of the molecule is CCCn1c(=NC(=O)/C=C/c2cccs2)sc2cc(F)ccc21. The van der Waals surface area contributed by atoms with E-state index < -0.39 is 0 Å². The average molecular weight is 346 g/mol. The monoisotopic (exact) mass is 346 g/mol. The molecule has 0 saturated heterocycles. The maximum Gasteiger partial charge on any atom is 0.272 e. The first-order valence-corrected chi connectivity index (χ1v) is 8.96. The second-order valence-corrected chi connectivity index (χ2v) is 6.94. The fraction of sp³-hybridized carbons (Fsp3) is 0.176. The number of benzene rings is 1. The van der Waals surface area contributed by atoms with E-state index in [1.165, 1.54) is 29.5 Å². The van der Waals surface area contributed by atoms with Crippen LogP contribution in [0, 0.1) is 5.82 Å². The van der Waals surface area contributed by atoms with E-state index >= 15 is 0 Å². The lowest BCUT2D eigenvalue weighted by molar-refractivity contribution is -0.113. The second kappa shape index (κ2) is 7.02. The van der Waals surface area contributed by atoms with Gasteiger partial charge in [0.25, 0.3) is 5.91 Å². The maximum absolute atomic E-state index is 13.4. The number of hydrogen-bond acceptors (Lipinski definition) is 3. The summed E-state index contributed by atoms with van der Waals surface area (Å²) in [7, 11) is 0. The van der Waals surface area contributed by atoms with Gasteiger partial charge >= 0.3 is 0 Å². The van der Waals surface area contributed by atoms with Gasteiger partial charge in [-0.1, -0.05) is 24.3 Å². The van der Waals surface area contributed by atoms with Crippen molar-refractivity contribution >= 4 is 44.9 Å². The van der Waals surface area contributed by atoms with Crippen LogP contribution in [0.5, 0.6) is 0 Å². The summed E-state index contributed by atoms with van der Waals surface area (Å²) < 4.78 is 16.2. The van der Waals surface area contributed by atoms with E-state index in [0.29, 0.717) is 4.80 Å². The number of rotatable bonds is 4. The van der Waals surface area contributed by atoms with Crippen molar-refractivity contribution in [1.29, 1.82) is 0 Å². The van der Waals surface area contributed by atoms with Crippen LogP contribution in [0.4, 0.5) is 4.39 Å². The molecule has 0 radical (unpaired) electrons. The predicted octanol–water partition coefficient (Wildman–Crippen LogP) is 4.45. The first-order chi connectivity index (χ1) is 11.2. The summed E-state index contributed by atoms with van der Waals surface area (Å²) in [5.41, 5.74) is 0.909. The van der Waals surface area contributed by atoms with Gasteiger partial charge in [-0.3, -0.25) is 4.79 Å². The fourth-order valence-corrected chi connectivity index (χ4v) is 3.95. The van der Waals surface area contributed by atoms with Crippen molar-refractivity contribution in [2.45, 2.75) is 19.9 Å². The molecule has 0 aliphatic carbocycles. The molecule has 3 nitrogen and oxygen atoms in total. The number of fused-ring (bicyclic) bond motifs is 1. The van der Waals surface area contributed by atoms with E-state index in [9.17, 15) is 9.18 Å². The molecule has 118 valence electrons. The first kappa shape index (κ1) is 15.8. The van der Waals surface area contributed by atoms with Crippen LogP contribution in [-0.2, 0) is 11.3 Å². The third-order valence-electron chi connectivity index (χ3n) is 3.23. The lowest BCUT2D eigenvalue weighted by Gasteiger charge is -2.01. The highest BCUT2D eigenvalue weighted by atomic mass is 32.1. The molecule has 23 heavy (non-hydrogen) atoms. The van der Waals surface area contributed by atoms with E-state index in [4.69, 9.17) is 0 Å². The summed E-state index contributed by atoms with van der Waals surface area (Å²) in [5, 5.41) is 1.96. The van der Waals surface area contributed by atoms with Crippen LogP contribution in [0.3, 0.4) is 0 Å². The van der Waals surface area contributed by atoms with E-state index in [-0.39, 0.29) is 11.7 Å². The van der Waals surface area contributed by atoms with Crippen LogP contribution in [0.1, 0.15) is 18.2 Å². The molecule has 3 aromatic rings. The number of amides is 1. The van der Waals surface area contributed by atoms with Gasteiger partial charge in [0.1, 0.15) is 5.82 Å². The molecule has 0 spiro atoms. The number of aromatic nitrogens is 1. The summed E-state index contributed by atoms with van der Waals surface area (Å²) in [6.07, 6.45) is 4.14. The Labute approximate surface area is 141 Å². The van der Waals surface area contributed by atoms with Crippen LogP contribution >= 0.6 is 22.7 Å².